The summed E-state index contributed by atoms with van der Waals surface area (Å²) in [5.41, 5.74) is 2.16. The van der Waals surface area contributed by atoms with Crippen LogP contribution in [0.5, 0.6) is 11.5 Å². The van der Waals surface area contributed by atoms with Crippen LogP contribution in [0.1, 0.15) is 26.5 Å². The monoisotopic (exact) mass is 445 g/mol. The van der Waals surface area contributed by atoms with E-state index < -0.39 is 12.5 Å². The van der Waals surface area contributed by atoms with Gasteiger partial charge in [0.2, 0.25) is 0 Å². The molecule has 0 spiro atoms. The second-order valence-electron chi connectivity index (χ2n) is 7.00. The molecule has 1 aromatic heterocycles. The van der Waals surface area contributed by atoms with E-state index in [0.717, 1.165) is 36.6 Å². The zero-order chi connectivity index (χ0) is 21.8. The largest absolute Gasteiger partial charge is 0.493 e. The Morgan fingerprint density at radius 2 is 2.03 bits per heavy atom. The summed E-state index contributed by atoms with van der Waals surface area (Å²) in [4.78, 5) is 20.7. The highest BCUT2D eigenvalue weighted by Gasteiger charge is 2.24. The van der Waals surface area contributed by atoms with Gasteiger partial charge in [-0.25, -0.2) is 4.98 Å². The van der Waals surface area contributed by atoms with Gasteiger partial charge in [0.25, 0.3) is 5.91 Å². The highest BCUT2D eigenvalue weighted by molar-refractivity contribution is 7.15. The number of nitrogens with zero attached hydrogens (tertiary/aromatic N) is 2. The Morgan fingerprint density at radius 3 is 2.77 bits per heavy atom. The number of methoxy groups -OCH3 is 1. The number of hydrogen-bond acceptors (Lipinski definition) is 6. The number of anilines is 1. The second-order valence-corrected chi connectivity index (χ2v) is 8.09. The fourth-order valence-electron chi connectivity index (χ4n) is 3.51. The van der Waals surface area contributed by atoms with Crippen molar-refractivity contribution in [3.63, 3.8) is 0 Å². The van der Waals surface area contributed by atoms with E-state index in [4.69, 9.17) is 4.74 Å². The molecule has 0 radical (unpaired) electrons. The molecule has 3 aromatic rings. The zero-order valence-electron chi connectivity index (χ0n) is 16.8. The second kappa shape index (κ2) is 9.40. The Hall–Kier alpha value is -3.04. The normalized spacial score (nSPS) is 13.7. The number of nitrogens with one attached hydrogen (secondary N) is 1. The van der Waals surface area contributed by atoms with E-state index in [9.17, 15) is 13.6 Å². The van der Waals surface area contributed by atoms with Crippen LogP contribution in [0.2, 0.25) is 0 Å². The lowest BCUT2D eigenvalue weighted by Crippen LogP contribution is -2.29. The quantitative estimate of drug-likeness (QED) is 0.578. The lowest BCUT2D eigenvalue weighted by molar-refractivity contribution is -0.0515. The first-order chi connectivity index (χ1) is 15.0. The van der Waals surface area contributed by atoms with Crippen molar-refractivity contribution in [2.75, 3.05) is 19.0 Å². The van der Waals surface area contributed by atoms with E-state index in [1.165, 1.54) is 36.1 Å². The SMILES string of the molecule is COc1cccc(C(=O)Nc2nc3c(s2)CN(Cc2ccccc2)CC3)c1OC(F)F. The van der Waals surface area contributed by atoms with Gasteiger partial charge in [-0.05, 0) is 17.7 Å². The van der Waals surface area contributed by atoms with Crippen LogP contribution in [-0.4, -0.2) is 36.1 Å². The number of halogens is 2. The number of hydrogen-bond donors (Lipinski definition) is 1. The molecule has 0 atom stereocenters. The molecule has 0 aliphatic carbocycles. The molecule has 0 saturated heterocycles. The number of ether oxygens (including phenoxy) is 2. The van der Waals surface area contributed by atoms with Crippen LogP contribution < -0.4 is 14.8 Å². The molecule has 1 aliphatic rings. The molecule has 2 aromatic carbocycles. The number of benzene rings is 2. The maximum absolute atomic E-state index is 12.8. The van der Waals surface area contributed by atoms with Gasteiger partial charge in [0.1, 0.15) is 0 Å². The Balaban J connectivity index is 1.48. The Kier molecular flexibility index (Phi) is 6.43. The third-order valence-corrected chi connectivity index (χ3v) is 5.93. The first kappa shape index (κ1) is 21.2. The molecule has 1 amide bonds. The van der Waals surface area contributed by atoms with E-state index in [1.54, 1.807) is 6.07 Å². The molecule has 162 valence electrons. The number of fused-ring (bicyclic) bond motifs is 1. The van der Waals surface area contributed by atoms with Gasteiger partial charge in [-0.1, -0.05) is 36.4 Å². The Bertz CT molecular complexity index is 1060. The fraction of sp³-hybridized carbons (Fsp3) is 0.273. The topological polar surface area (TPSA) is 63.7 Å². The van der Waals surface area contributed by atoms with Gasteiger partial charge in [-0.15, -0.1) is 11.3 Å². The summed E-state index contributed by atoms with van der Waals surface area (Å²) in [6, 6.07) is 14.6. The molecule has 0 unspecified atom stereocenters. The van der Waals surface area contributed by atoms with Crippen molar-refractivity contribution >= 4 is 22.4 Å². The molecular formula is C22H21F2N3O3S. The van der Waals surface area contributed by atoms with Crippen molar-refractivity contribution in [1.29, 1.82) is 0 Å². The molecule has 9 heteroatoms. The van der Waals surface area contributed by atoms with Gasteiger partial charge in [0, 0.05) is 30.9 Å². The zero-order valence-corrected chi connectivity index (χ0v) is 17.6. The van der Waals surface area contributed by atoms with Crippen molar-refractivity contribution in [1.82, 2.24) is 9.88 Å². The van der Waals surface area contributed by atoms with Gasteiger partial charge in [0.05, 0.1) is 18.4 Å². The van der Waals surface area contributed by atoms with Crippen molar-refractivity contribution < 1.29 is 23.0 Å². The van der Waals surface area contributed by atoms with Crippen LogP contribution >= 0.6 is 11.3 Å². The van der Waals surface area contributed by atoms with Crippen molar-refractivity contribution in [2.45, 2.75) is 26.1 Å². The predicted molar refractivity (Wildman–Crippen MR) is 114 cm³/mol. The summed E-state index contributed by atoms with van der Waals surface area (Å²) in [5, 5.41) is 3.15. The number of thiazole rings is 1. The third-order valence-electron chi connectivity index (χ3n) is 4.93. The summed E-state index contributed by atoms with van der Waals surface area (Å²) in [6.07, 6.45) is 0.785. The third kappa shape index (κ3) is 5.00. The first-order valence-corrected chi connectivity index (χ1v) is 10.5. The minimum Gasteiger partial charge on any atom is -0.493 e. The van der Waals surface area contributed by atoms with Gasteiger partial charge in [-0.2, -0.15) is 8.78 Å². The van der Waals surface area contributed by atoms with Crippen LogP contribution in [0.3, 0.4) is 0 Å². The van der Waals surface area contributed by atoms with Gasteiger partial charge < -0.3 is 9.47 Å². The molecule has 0 saturated carbocycles. The summed E-state index contributed by atoms with van der Waals surface area (Å²) in [5.74, 6) is -0.822. The summed E-state index contributed by atoms with van der Waals surface area (Å²) in [7, 11) is 1.32. The predicted octanol–water partition coefficient (Wildman–Crippen LogP) is 4.56. The number of aromatic nitrogens is 1. The van der Waals surface area contributed by atoms with Crippen LogP contribution in [0.15, 0.2) is 48.5 Å². The smallest absolute Gasteiger partial charge is 0.387 e. The van der Waals surface area contributed by atoms with Crippen LogP contribution in [0.25, 0.3) is 0 Å². The van der Waals surface area contributed by atoms with Crippen LogP contribution in [-0.2, 0) is 19.5 Å². The standard InChI is InChI=1S/C22H21F2N3O3S/c1-29-17-9-5-8-15(19(17)30-21(23)24)20(28)26-22-25-16-10-11-27(13-18(16)31-22)12-14-6-3-2-4-7-14/h2-9,21H,10-13H2,1H3,(H,25,26,28). The first-order valence-electron chi connectivity index (χ1n) is 9.71. The van der Waals surface area contributed by atoms with Crippen LogP contribution in [0.4, 0.5) is 13.9 Å². The number of carbonyl (C=O) groups excluding carboxylic acids is 1. The van der Waals surface area contributed by atoms with Crippen molar-refractivity contribution in [3.05, 3.63) is 70.2 Å². The number of para-hydroxylation sites is 1. The highest BCUT2D eigenvalue weighted by atomic mass is 32.1. The molecular weight excluding hydrogens is 424 g/mol. The number of alkyl halides is 2. The van der Waals surface area contributed by atoms with E-state index in [0.29, 0.717) is 5.13 Å². The molecule has 1 N–H and O–H groups in total. The fourth-order valence-corrected chi connectivity index (χ4v) is 4.55. The maximum atomic E-state index is 12.8. The highest BCUT2D eigenvalue weighted by Crippen LogP contribution is 2.34. The maximum Gasteiger partial charge on any atom is 0.387 e. The van der Waals surface area contributed by atoms with Gasteiger partial charge in [0.15, 0.2) is 16.6 Å². The number of carbonyl (C=O) groups is 1. The summed E-state index contributed by atoms with van der Waals surface area (Å²) in [6.45, 7) is -0.610. The number of amides is 1. The van der Waals surface area contributed by atoms with E-state index >= 15 is 0 Å². The summed E-state index contributed by atoms with van der Waals surface area (Å²) >= 11 is 1.40. The lowest BCUT2D eigenvalue weighted by Gasteiger charge is -2.25. The molecule has 0 bridgehead atoms. The number of rotatable bonds is 7. The molecule has 31 heavy (non-hydrogen) atoms. The van der Waals surface area contributed by atoms with Crippen LogP contribution in [0, 0.1) is 0 Å². The Labute approximate surface area is 182 Å². The van der Waals surface area contributed by atoms with Gasteiger partial charge in [-0.3, -0.25) is 15.0 Å². The van der Waals surface area contributed by atoms with E-state index in [2.05, 4.69) is 32.1 Å². The molecule has 0 fully saturated rings. The average Bonchev–Trinajstić information content (AvgIpc) is 3.15. The van der Waals surface area contributed by atoms with E-state index in [1.807, 2.05) is 18.2 Å². The van der Waals surface area contributed by atoms with Crippen molar-refractivity contribution in [3.8, 4) is 11.5 Å². The lowest BCUT2D eigenvalue weighted by atomic mass is 10.1. The minimum atomic E-state index is -3.08. The molecule has 6 nitrogen and oxygen atoms in total. The van der Waals surface area contributed by atoms with Gasteiger partial charge >= 0.3 is 6.61 Å². The van der Waals surface area contributed by atoms with E-state index in [-0.39, 0.29) is 17.1 Å². The minimum absolute atomic E-state index is 0.0430. The molecule has 2 heterocycles. The molecule has 4 rings (SSSR count). The average molecular weight is 445 g/mol. The molecule has 1 aliphatic heterocycles. The Morgan fingerprint density at radius 1 is 1.23 bits per heavy atom. The van der Waals surface area contributed by atoms with Crippen molar-refractivity contribution in [2.24, 2.45) is 0 Å². The summed E-state index contributed by atoms with van der Waals surface area (Å²) < 4.78 is 35.3.